The first kappa shape index (κ1) is 27.1. The van der Waals surface area contributed by atoms with E-state index in [0.29, 0.717) is 48.1 Å². The number of aromatic nitrogens is 1. The predicted octanol–water partition coefficient (Wildman–Crippen LogP) is 6.26. The first-order valence-electron chi connectivity index (χ1n) is 12.9. The number of Topliss-reactive ketones (excluding diaryl/α,β-unsaturated/α-hetero) is 1. The highest BCUT2D eigenvalue weighted by Crippen LogP contribution is 2.46. The van der Waals surface area contributed by atoms with E-state index >= 15 is 0 Å². The number of nitrogens with zero attached hydrogens (tertiary/aromatic N) is 2. The van der Waals surface area contributed by atoms with Gasteiger partial charge < -0.3 is 19.3 Å². The lowest BCUT2D eigenvalue weighted by Crippen LogP contribution is -2.29. The Morgan fingerprint density at radius 3 is 2.33 bits per heavy atom. The third kappa shape index (κ3) is 4.98. The summed E-state index contributed by atoms with van der Waals surface area (Å²) in [4.78, 5) is 33.0. The Kier molecular flexibility index (Phi) is 7.70. The fourth-order valence-electron chi connectivity index (χ4n) is 4.60. The Balaban J connectivity index is 1.71. The van der Waals surface area contributed by atoms with Crippen LogP contribution in [0, 0.1) is 5.82 Å². The SMILES string of the molecule is CCOc1ccc2nc(N3C(=O)C(=O)C(=C(O)c4ccc(F)cc4)C3c3ccc(OCC)c(OCC)c3)sc2c1. The Labute approximate surface area is 234 Å². The molecule has 206 valence electrons. The van der Waals surface area contributed by atoms with Crippen LogP contribution < -0.4 is 19.1 Å². The lowest BCUT2D eigenvalue weighted by Gasteiger charge is -2.24. The molecule has 1 atom stereocenters. The molecule has 1 unspecified atom stereocenters. The zero-order chi connectivity index (χ0) is 28.4. The number of amides is 1. The van der Waals surface area contributed by atoms with Crippen molar-refractivity contribution < 1.29 is 33.3 Å². The summed E-state index contributed by atoms with van der Waals surface area (Å²) in [5.74, 6) is -1.04. The highest BCUT2D eigenvalue weighted by molar-refractivity contribution is 7.22. The van der Waals surface area contributed by atoms with Crippen molar-refractivity contribution in [2.75, 3.05) is 24.7 Å². The fraction of sp³-hybridized carbons (Fsp3) is 0.233. The number of benzene rings is 3. The number of thiazole rings is 1. The molecule has 0 saturated carbocycles. The summed E-state index contributed by atoms with van der Waals surface area (Å²) in [5, 5.41) is 11.6. The molecule has 0 aliphatic carbocycles. The molecular formula is C30H27FN2O6S. The van der Waals surface area contributed by atoms with Gasteiger partial charge in [-0.3, -0.25) is 14.5 Å². The van der Waals surface area contributed by atoms with Crippen LogP contribution in [0.5, 0.6) is 17.2 Å². The zero-order valence-corrected chi connectivity index (χ0v) is 23.0. The van der Waals surface area contributed by atoms with Crippen molar-refractivity contribution in [3.05, 3.63) is 83.2 Å². The molecule has 0 radical (unpaired) electrons. The van der Waals surface area contributed by atoms with Crippen molar-refractivity contribution in [2.45, 2.75) is 26.8 Å². The topological polar surface area (TPSA) is 98.2 Å². The molecule has 5 rings (SSSR count). The first-order chi connectivity index (χ1) is 19.4. The molecule has 3 aromatic carbocycles. The van der Waals surface area contributed by atoms with E-state index < -0.39 is 29.3 Å². The minimum atomic E-state index is -1.04. The highest BCUT2D eigenvalue weighted by atomic mass is 32.1. The third-order valence-corrected chi connectivity index (χ3v) is 7.33. The van der Waals surface area contributed by atoms with Crippen molar-refractivity contribution in [1.82, 2.24) is 4.98 Å². The van der Waals surface area contributed by atoms with Gasteiger partial charge >= 0.3 is 5.91 Å². The van der Waals surface area contributed by atoms with E-state index in [0.717, 1.165) is 4.70 Å². The smallest absolute Gasteiger partial charge is 0.301 e. The lowest BCUT2D eigenvalue weighted by molar-refractivity contribution is -0.132. The van der Waals surface area contributed by atoms with E-state index in [1.807, 2.05) is 26.8 Å². The van der Waals surface area contributed by atoms with Crippen LogP contribution in [0.1, 0.15) is 37.9 Å². The normalized spacial score (nSPS) is 16.5. The molecule has 1 N–H and O–H groups in total. The van der Waals surface area contributed by atoms with Crippen molar-refractivity contribution in [3.8, 4) is 17.2 Å². The minimum absolute atomic E-state index is 0.141. The van der Waals surface area contributed by atoms with E-state index in [1.165, 1.54) is 40.5 Å². The first-order valence-corrected chi connectivity index (χ1v) is 13.7. The molecule has 1 amide bonds. The molecule has 0 spiro atoms. The summed E-state index contributed by atoms with van der Waals surface area (Å²) in [6.45, 7) is 6.84. The molecule has 1 saturated heterocycles. The number of hydrogen-bond acceptors (Lipinski definition) is 8. The molecule has 10 heteroatoms. The number of aliphatic hydroxyl groups is 1. The number of carbonyl (C=O) groups is 2. The van der Waals surface area contributed by atoms with Crippen molar-refractivity contribution in [2.24, 2.45) is 0 Å². The summed E-state index contributed by atoms with van der Waals surface area (Å²) in [7, 11) is 0. The van der Waals surface area contributed by atoms with Crippen molar-refractivity contribution >= 4 is 44.1 Å². The monoisotopic (exact) mass is 562 g/mol. The van der Waals surface area contributed by atoms with Gasteiger partial charge in [0.25, 0.3) is 5.78 Å². The van der Waals surface area contributed by atoms with Crippen molar-refractivity contribution in [3.63, 3.8) is 0 Å². The Morgan fingerprint density at radius 2 is 1.62 bits per heavy atom. The standard InChI is InChI=1S/C30H27FN2O6S/c1-4-37-20-12-13-21-24(16-20)40-30(32-21)33-26(18-9-14-22(38-5-2)23(15-18)39-6-3)25(28(35)29(33)36)27(34)17-7-10-19(31)11-8-17/h7-16,26,34H,4-6H2,1-3H3. The quantitative estimate of drug-likeness (QED) is 0.146. The van der Waals surface area contributed by atoms with Gasteiger partial charge in [-0.2, -0.15) is 0 Å². The fourth-order valence-corrected chi connectivity index (χ4v) is 5.62. The van der Waals surface area contributed by atoms with Gasteiger partial charge in [-0.05, 0) is 80.9 Å². The van der Waals surface area contributed by atoms with Gasteiger partial charge in [-0.1, -0.05) is 17.4 Å². The van der Waals surface area contributed by atoms with E-state index in [4.69, 9.17) is 14.2 Å². The van der Waals surface area contributed by atoms with Gasteiger partial charge in [0.1, 0.15) is 17.3 Å². The van der Waals surface area contributed by atoms with Gasteiger partial charge in [0.05, 0.1) is 41.7 Å². The van der Waals surface area contributed by atoms with Crippen LogP contribution in [0.4, 0.5) is 9.52 Å². The molecular weight excluding hydrogens is 535 g/mol. The lowest BCUT2D eigenvalue weighted by atomic mass is 9.95. The van der Waals surface area contributed by atoms with Crippen LogP contribution >= 0.6 is 11.3 Å². The average molecular weight is 563 g/mol. The van der Waals surface area contributed by atoms with Crippen LogP contribution in [0.3, 0.4) is 0 Å². The second kappa shape index (κ2) is 11.4. The molecule has 1 aliphatic heterocycles. The van der Waals surface area contributed by atoms with Crippen LogP contribution in [0.25, 0.3) is 16.0 Å². The Bertz CT molecular complexity index is 1610. The number of aliphatic hydroxyl groups excluding tert-OH is 1. The summed E-state index contributed by atoms with van der Waals surface area (Å²) < 4.78 is 31.5. The number of anilines is 1. The number of ketones is 1. The van der Waals surface area contributed by atoms with Gasteiger partial charge in [-0.25, -0.2) is 9.37 Å². The zero-order valence-electron chi connectivity index (χ0n) is 22.1. The van der Waals surface area contributed by atoms with E-state index in [1.54, 1.807) is 30.3 Å². The maximum absolute atomic E-state index is 13.6. The molecule has 40 heavy (non-hydrogen) atoms. The summed E-state index contributed by atoms with van der Waals surface area (Å²) in [6.07, 6.45) is 0. The molecule has 0 bridgehead atoms. The van der Waals surface area contributed by atoms with Crippen LogP contribution in [0.15, 0.2) is 66.2 Å². The van der Waals surface area contributed by atoms with Crippen LogP contribution in [-0.2, 0) is 9.59 Å². The Morgan fingerprint density at radius 1 is 0.925 bits per heavy atom. The van der Waals surface area contributed by atoms with Gasteiger partial charge in [0, 0.05) is 5.56 Å². The number of ether oxygens (including phenoxy) is 3. The van der Waals surface area contributed by atoms with E-state index in [-0.39, 0.29) is 16.3 Å². The van der Waals surface area contributed by atoms with Gasteiger partial charge in [0.15, 0.2) is 16.6 Å². The highest BCUT2D eigenvalue weighted by Gasteiger charge is 2.48. The average Bonchev–Trinajstić information content (AvgIpc) is 3.48. The number of carbonyl (C=O) groups excluding carboxylic acids is 2. The molecule has 4 aromatic rings. The predicted molar refractivity (Wildman–Crippen MR) is 151 cm³/mol. The molecule has 1 aliphatic rings. The minimum Gasteiger partial charge on any atom is -0.507 e. The maximum Gasteiger partial charge on any atom is 0.301 e. The van der Waals surface area contributed by atoms with Crippen LogP contribution in [0.2, 0.25) is 0 Å². The number of hydrogen-bond donors (Lipinski definition) is 1. The summed E-state index contributed by atoms with van der Waals surface area (Å²) in [5.41, 5.74) is 1.19. The summed E-state index contributed by atoms with van der Waals surface area (Å²) in [6, 6.07) is 14.5. The van der Waals surface area contributed by atoms with E-state index in [2.05, 4.69) is 4.98 Å². The molecule has 1 fully saturated rings. The van der Waals surface area contributed by atoms with Crippen molar-refractivity contribution in [1.29, 1.82) is 0 Å². The molecule has 2 heterocycles. The summed E-state index contributed by atoms with van der Waals surface area (Å²) >= 11 is 1.23. The molecule has 8 nitrogen and oxygen atoms in total. The third-order valence-electron chi connectivity index (χ3n) is 6.31. The second-order valence-electron chi connectivity index (χ2n) is 8.81. The Hall–Kier alpha value is -4.44. The second-order valence-corrected chi connectivity index (χ2v) is 9.82. The van der Waals surface area contributed by atoms with Gasteiger partial charge in [-0.15, -0.1) is 0 Å². The maximum atomic E-state index is 13.6. The van der Waals surface area contributed by atoms with Gasteiger partial charge in [0.2, 0.25) is 0 Å². The van der Waals surface area contributed by atoms with Crippen LogP contribution in [-0.4, -0.2) is 41.6 Å². The van der Waals surface area contributed by atoms with E-state index in [9.17, 15) is 19.1 Å². The number of fused-ring (bicyclic) bond motifs is 1. The largest absolute Gasteiger partial charge is 0.507 e. The number of halogens is 1. The number of rotatable bonds is 9. The molecule has 1 aromatic heterocycles.